The molecule has 0 aliphatic carbocycles. The summed E-state index contributed by atoms with van der Waals surface area (Å²) in [5, 5.41) is 5.75. The summed E-state index contributed by atoms with van der Waals surface area (Å²) in [5.41, 5.74) is 11.8. The Hall–Kier alpha value is -7.64. The van der Waals surface area contributed by atoms with E-state index in [1.54, 1.807) is 11.3 Å². The summed E-state index contributed by atoms with van der Waals surface area (Å²) in [5.74, 6) is 1.87. The van der Waals surface area contributed by atoms with Gasteiger partial charge in [0.25, 0.3) is 0 Å². The van der Waals surface area contributed by atoms with Crippen molar-refractivity contribution in [1.82, 2.24) is 19.9 Å². The van der Waals surface area contributed by atoms with Crippen LogP contribution in [0, 0.1) is 0 Å². The van der Waals surface area contributed by atoms with E-state index in [2.05, 4.69) is 182 Å². The summed E-state index contributed by atoms with van der Waals surface area (Å²) in [6.45, 7) is 0. The Kier molecular flexibility index (Phi) is 8.84. The molecule has 3 aromatic heterocycles. The Labute approximate surface area is 366 Å². The van der Waals surface area contributed by atoms with Crippen molar-refractivity contribution < 1.29 is 0 Å². The molecule has 0 unspecified atom stereocenters. The summed E-state index contributed by atoms with van der Waals surface area (Å²) >= 11 is 3.59. The minimum absolute atomic E-state index is 0.616. The van der Waals surface area contributed by atoms with E-state index in [4.69, 9.17) is 19.9 Å². The van der Waals surface area contributed by atoms with Gasteiger partial charge in [-0.1, -0.05) is 182 Å². The largest absolute Gasteiger partial charge is 0.236 e. The first-order valence-corrected chi connectivity index (χ1v) is 22.3. The van der Waals surface area contributed by atoms with E-state index in [-0.39, 0.29) is 0 Å². The van der Waals surface area contributed by atoms with Crippen LogP contribution in [-0.2, 0) is 0 Å². The van der Waals surface area contributed by atoms with Gasteiger partial charge in [-0.25, -0.2) is 19.9 Å². The molecule has 0 radical (unpaired) electrons. The van der Waals surface area contributed by atoms with Crippen molar-refractivity contribution in [2.45, 2.75) is 0 Å². The smallest absolute Gasteiger partial charge is 0.164 e. The lowest BCUT2D eigenvalue weighted by molar-refractivity contribution is 1.07. The molecule has 290 valence electrons. The number of thiazole rings is 1. The number of benzene rings is 9. The van der Waals surface area contributed by atoms with Crippen LogP contribution >= 0.6 is 22.7 Å². The normalized spacial score (nSPS) is 11.5. The molecule has 12 aromatic rings. The molecule has 0 saturated carbocycles. The molecular weight excluding hydrogens is 793 g/mol. The summed E-state index contributed by atoms with van der Waals surface area (Å²) < 4.78 is 3.62. The molecule has 0 spiro atoms. The lowest BCUT2D eigenvalue weighted by Crippen LogP contribution is -2.01. The standard InChI is InChI=1S/C56H34N4S2/c1-4-16-35(17-5-1)36-28-30-39(31-29-36)56-57-47-34-49-50(45-26-14-15-27-48(45)61-49)51(52(47)62-56)46-33-41(32-40-22-10-11-24-43(40)46)54-58-53(38-20-8-3-9-21-38)59-55(60-54)44-25-13-12-23-42(44)37-18-6-2-7-19-37/h1-34H. The van der Waals surface area contributed by atoms with E-state index in [9.17, 15) is 0 Å². The van der Waals surface area contributed by atoms with E-state index >= 15 is 0 Å². The maximum Gasteiger partial charge on any atom is 0.164 e. The number of nitrogens with zero attached hydrogens (tertiary/aromatic N) is 4. The topological polar surface area (TPSA) is 51.6 Å². The van der Waals surface area contributed by atoms with Gasteiger partial charge in [0.15, 0.2) is 17.5 Å². The molecule has 9 aromatic carbocycles. The van der Waals surface area contributed by atoms with Gasteiger partial charge in [0.2, 0.25) is 0 Å². The van der Waals surface area contributed by atoms with Gasteiger partial charge in [-0.05, 0) is 62.9 Å². The fourth-order valence-electron chi connectivity index (χ4n) is 8.62. The molecule has 6 heteroatoms. The third-order valence-electron chi connectivity index (χ3n) is 11.6. The first kappa shape index (κ1) is 36.2. The van der Waals surface area contributed by atoms with Crippen molar-refractivity contribution in [2.75, 3.05) is 0 Å². The third kappa shape index (κ3) is 6.36. The molecule has 12 rings (SSSR count). The molecule has 0 saturated heterocycles. The lowest BCUT2D eigenvalue weighted by Gasteiger charge is -2.15. The van der Waals surface area contributed by atoms with Gasteiger partial charge in [0.05, 0.1) is 10.2 Å². The molecule has 4 nitrogen and oxygen atoms in total. The zero-order valence-electron chi connectivity index (χ0n) is 33.2. The molecule has 0 amide bonds. The second kappa shape index (κ2) is 15.1. The average Bonchev–Trinajstić information content (AvgIpc) is 3.95. The van der Waals surface area contributed by atoms with Gasteiger partial charge < -0.3 is 0 Å². The van der Waals surface area contributed by atoms with Crippen LogP contribution in [0.5, 0.6) is 0 Å². The summed E-state index contributed by atoms with van der Waals surface area (Å²) in [6.07, 6.45) is 0. The monoisotopic (exact) mass is 826 g/mol. The maximum atomic E-state index is 5.37. The molecular formula is C56H34N4S2. The van der Waals surface area contributed by atoms with E-state index in [1.165, 1.54) is 36.9 Å². The van der Waals surface area contributed by atoms with E-state index < -0.39 is 0 Å². The number of hydrogen-bond donors (Lipinski definition) is 0. The Morgan fingerprint density at radius 1 is 0.323 bits per heavy atom. The molecule has 0 aliphatic rings. The van der Waals surface area contributed by atoms with Gasteiger partial charge in [-0.15, -0.1) is 22.7 Å². The van der Waals surface area contributed by atoms with Crippen LogP contribution in [0.1, 0.15) is 0 Å². The van der Waals surface area contributed by atoms with Crippen molar-refractivity contribution in [3.05, 3.63) is 206 Å². The van der Waals surface area contributed by atoms with Crippen LogP contribution in [0.2, 0.25) is 0 Å². The van der Waals surface area contributed by atoms with Crippen molar-refractivity contribution in [3.8, 4) is 78.1 Å². The summed E-state index contributed by atoms with van der Waals surface area (Å²) in [6, 6.07) is 72.6. The number of rotatable bonds is 7. The van der Waals surface area contributed by atoms with Crippen molar-refractivity contribution >= 4 is 63.8 Å². The minimum Gasteiger partial charge on any atom is -0.236 e. The summed E-state index contributed by atoms with van der Waals surface area (Å²) in [7, 11) is 0. The van der Waals surface area contributed by atoms with Crippen LogP contribution in [-0.4, -0.2) is 19.9 Å². The van der Waals surface area contributed by atoms with E-state index in [1.807, 2.05) is 35.6 Å². The van der Waals surface area contributed by atoms with Gasteiger partial charge >= 0.3 is 0 Å². The predicted octanol–water partition coefficient (Wildman–Crippen LogP) is 15.7. The van der Waals surface area contributed by atoms with Crippen LogP contribution in [0.4, 0.5) is 0 Å². The zero-order chi connectivity index (χ0) is 41.0. The quantitative estimate of drug-likeness (QED) is 0.161. The SMILES string of the molecule is c1ccc(-c2ccc(-c3nc4cc5sc6ccccc6c5c(-c5cc(-c6nc(-c7ccccc7)nc(-c7ccccc7-c7ccccc7)n6)cc6ccccc56)c4s3)cc2)cc1. The van der Waals surface area contributed by atoms with Crippen LogP contribution in [0.15, 0.2) is 206 Å². The fourth-order valence-corrected chi connectivity index (χ4v) is 10.9. The minimum atomic E-state index is 0.616. The molecule has 0 atom stereocenters. The highest BCUT2D eigenvalue weighted by Crippen LogP contribution is 2.49. The van der Waals surface area contributed by atoms with Crippen molar-refractivity contribution in [1.29, 1.82) is 0 Å². The Balaban J connectivity index is 1.10. The molecule has 0 fully saturated rings. The Morgan fingerprint density at radius 2 is 0.887 bits per heavy atom. The van der Waals surface area contributed by atoms with Gasteiger partial charge in [0.1, 0.15) is 5.01 Å². The molecule has 62 heavy (non-hydrogen) atoms. The maximum absolute atomic E-state index is 5.37. The average molecular weight is 827 g/mol. The molecule has 0 N–H and O–H groups in total. The van der Waals surface area contributed by atoms with Gasteiger partial charge in [0, 0.05) is 48.0 Å². The predicted molar refractivity (Wildman–Crippen MR) is 261 cm³/mol. The van der Waals surface area contributed by atoms with E-state index in [0.29, 0.717) is 17.5 Å². The third-order valence-corrected chi connectivity index (χ3v) is 13.8. The number of thiophene rings is 1. The van der Waals surface area contributed by atoms with Crippen LogP contribution in [0.3, 0.4) is 0 Å². The van der Waals surface area contributed by atoms with Crippen LogP contribution < -0.4 is 0 Å². The first-order chi connectivity index (χ1) is 30.7. The lowest BCUT2D eigenvalue weighted by atomic mass is 9.92. The highest BCUT2D eigenvalue weighted by atomic mass is 32.1. The van der Waals surface area contributed by atoms with Gasteiger partial charge in [-0.2, -0.15) is 0 Å². The second-order valence-corrected chi connectivity index (χ2v) is 17.4. The van der Waals surface area contributed by atoms with Crippen molar-refractivity contribution in [2.24, 2.45) is 0 Å². The number of aromatic nitrogens is 4. The fraction of sp³-hybridized carbons (Fsp3) is 0. The van der Waals surface area contributed by atoms with E-state index in [0.717, 1.165) is 64.9 Å². The molecule has 0 aliphatic heterocycles. The number of hydrogen-bond acceptors (Lipinski definition) is 6. The van der Waals surface area contributed by atoms with Gasteiger partial charge in [-0.3, -0.25) is 0 Å². The summed E-state index contributed by atoms with van der Waals surface area (Å²) in [4.78, 5) is 21.1. The Morgan fingerprint density at radius 3 is 1.65 bits per heavy atom. The molecule has 3 heterocycles. The number of fused-ring (bicyclic) bond motifs is 5. The Bertz CT molecular complexity index is 3620. The highest BCUT2D eigenvalue weighted by Gasteiger charge is 2.23. The first-order valence-electron chi connectivity index (χ1n) is 20.6. The molecule has 0 bridgehead atoms. The van der Waals surface area contributed by atoms with Crippen LogP contribution in [0.25, 0.3) is 119 Å². The zero-order valence-corrected chi connectivity index (χ0v) is 34.9. The second-order valence-electron chi connectivity index (χ2n) is 15.4. The van der Waals surface area contributed by atoms with Crippen molar-refractivity contribution in [3.63, 3.8) is 0 Å². The highest BCUT2D eigenvalue weighted by molar-refractivity contribution is 7.26.